The van der Waals surface area contributed by atoms with Crippen LogP contribution in [-0.2, 0) is 17.8 Å². The number of nitrogens with zero attached hydrogens (tertiary/aromatic N) is 2. The number of hydrogen-bond donors (Lipinski definition) is 2. The topological polar surface area (TPSA) is 67.2 Å². The molecule has 0 spiro atoms. The molecule has 1 aliphatic rings. The minimum Gasteiger partial charge on any atom is -0.480 e. The van der Waals surface area contributed by atoms with Gasteiger partial charge in [-0.25, -0.2) is 0 Å². The van der Waals surface area contributed by atoms with Crippen molar-refractivity contribution in [3.63, 3.8) is 0 Å². The summed E-state index contributed by atoms with van der Waals surface area (Å²) in [5.74, 6) is -0.847. The molecule has 2 rings (SSSR count). The molecule has 5 heteroatoms. The number of nitrogens with one attached hydrogen (secondary N) is 1. The Balaban J connectivity index is 2.38. The SMILES string of the molecule is CNC1CC(C)(C)Cc2c1cnn2CC(=O)O. The molecule has 0 saturated carbocycles. The second kappa shape index (κ2) is 4.14. The van der Waals surface area contributed by atoms with E-state index in [-0.39, 0.29) is 18.0 Å². The molecule has 1 heterocycles. The molecule has 0 saturated heterocycles. The van der Waals surface area contributed by atoms with Crippen molar-refractivity contribution in [2.45, 2.75) is 39.3 Å². The van der Waals surface area contributed by atoms with E-state index in [1.54, 1.807) is 10.9 Å². The van der Waals surface area contributed by atoms with Gasteiger partial charge in [0.2, 0.25) is 0 Å². The third kappa shape index (κ3) is 2.34. The van der Waals surface area contributed by atoms with Gasteiger partial charge in [-0.3, -0.25) is 9.48 Å². The summed E-state index contributed by atoms with van der Waals surface area (Å²) in [5, 5.41) is 16.3. The minimum absolute atomic E-state index is 0.0537. The van der Waals surface area contributed by atoms with Crippen LogP contribution >= 0.6 is 0 Å². The number of carboxylic acids is 1. The van der Waals surface area contributed by atoms with Crippen molar-refractivity contribution in [1.29, 1.82) is 0 Å². The molecule has 1 atom stereocenters. The average molecular weight is 237 g/mol. The summed E-state index contributed by atoms with van der Waals surface area (Å²) in [4.78, 5) is 10.8. The van der Waals surface area contributed by atoms with E-state index in [0.29, 0.717) is 0 Å². The molecule has 2 N–H and O–H groups in total. The van der Waals surface area contributed by atoms with E-state index < -0.39 is 5.97 Å². The quantitative estimate of drug-likeness (QED) is 0.829. The van der Waals surface area contributed by atoms with Crippen LogP contribution in [0.3, 0.4) is 0 Å². The lowest BCUT2D eigenvalue weighted by molar-refractivity contribution is -0.137. The van der Waals surface area contributed by atoms with Crippen LogP contribution in [0.15, 0.2) is 6.20 Å². The molecule has 0 radical (unpaired) electrons. The standard InChI is InChI=1S/C12H19N3O2/c1-12(2)4-9(13-3)8-6-14-15(7-11(16)17)10(8)5-12/h6,9,13H,4-5,7H2,1-3H3,(H,16,17). The van der Waals surface area contributed by atoms with Crippen LogP contribution in [0.2, 0.25) is 0 Å². The highest BCUT2D eigenvalue weighted by molar-refractivity contribution is 5.66. The number of hydrogen-bond acceptors (Lipinski definition) is 3. The molecule has 17 heavy (non-hydrogen) atoms. The highest BCUT2D eigenvalue weighted by Crippen LogP contribution is 2.40. The van der Waals surface area contributed by atoms with Gasteiger partial charge in [-0.15, -0.1) is 0 Å². The third-order valence-electron chi connectivity index (χ3n) is 3.39. The summed E-state index contributed by atoms with van der Waals surface area (Å²) in [6.45, 7) is 4.36. The Morgan fingerprint density at radius 2 is 2.41 bits per heavy atom. The summed E-state index contributed by atoms with van der Waals surface area (Å²) in [6.07, 6.45) is 3.73. The summed E-state index contributed by atoms with van der Waals surface area (Å²) in [5.41, 5.74) is 2.38. The summed E-state index contributed by atoms with van der Waals surface area (Å²) < 4.78 is 1.61. The molecule has 1 aromatic rings. The van der Waals surface area contributed by atoms with Crippen LogP contribution in [0.25, 0.3) is 0 Å². The first kappa shape index (κ1) is 12.1. The van der Waals surface area contributed by atoms with E-state index in [9.17, 15) is 4.79 Å². The first-order valence-electron chi connectivity index (χ1n) is 5.86. The van der Waals surface area contributed by atoms with E-state index in [1.807, 2.05) is 7.05 Å². The van der Waals surface area contributed by atoms with Crippen LogP contribution in [0.4, 0.5) is 0 Å². The Morgan fingerprint density at radius 3 is 3.00 bits per heavy atom. The van der Waals surface area contributed by atoms with Crippen molar-refractivity contribution in [2.24, 2.45) is 5.41 Å². The Morgan fingerprint density at radius 1 is 1.71 bits per heavy atom. The Bertz CT molecular complexity index is 437. The molecule has 1 unspecified atom stereocenters. The number of carbonyl (C=O) groups is 1. The molecular formula is C12H19N3O2. The van der Waals surface area contributed by atoms with Crippen LogP contribution in [0.5, 0.6) is 0 Å². The number of rotatable bonds is 3. The van der Waals surface area contributed by atoms with E-state index in [0.717, 1.165) is 24.1 Å². The fourth-order valence-electron chi connectivity index (χ4n) is 2.62. The van der Waals surface area contributed by atoms with Crippen molar-refractivity contribution < 1.29 is 9.90 Å². The predicted octanol–water partition coefficient (Wildman–Crippen LogP) is 1.20. The van der Waals surface area contributed by atoms with Crippen molar-refractivity contribution in [3.05, 3.63) is 17.5 Å². The molecular weight excluding hydrogens is 218 g/mol. The summed E-state index contributed by atoms with van der Waals surface area (Å²) in [6, 6.07) is 0.274. The van der Waals surface area contributed by atoms with Crippen molar-refractivity contribution >= 4 is 5.97 Å². The van der Waals surface area contributed by atoms with Crippen LogP contribution in [-0.4, -0.2) is 27.9 Å². The number of fused-ring (bicyclic) bond motifs is 1. The van der Waals surface area contributed by atoms with Gasteiger partial charge in [0, 0.05) is 17.3 Å². The van der Waals surface area contributed by atoms with Crippen molar-refractivity contribution in [1.82, 2.24) is 15.1 Å². The fourth-order valence-corrected chi connectivity index (χ4v) is 2.62. The number of carboxylic acid groups (broad SMARTS) is 1. The van der Waals surface area contributed by atoms with E-state index in [4.69, 9.17) is 5.11 Å². The lowest BCUT2D eigenvalue weighted by atomic mass is 9.74. The number of aromatic nitrogens is 2. The maximum absolute atomic E-state index is 10.8. The second-order valence-electron chi connectivity index (χ2n) is 5.48. The smallest absolute Gasteiger partial charge is 0.325 e. The lowest BCUT2D eigenvalue weighted by Gasteiger charge is -2.35. The van der Waals surface area contributed by atoms with Gasteiger partial charge in [0.1, 0.15) is 6.54 Å². The monoisotopic (exact) mass is 237 g/mol. The van der Waals surface area contributed by atoms with Gasteiger partial charge in [-0.1, -0.05) is 13.8 Å². The highest BCUT2D eigenvalue weighted by atomic mass is 16.4. The van der Waals surface area contributed by atoms with Crippen LogP contribution in [0, 0.1) is 5.41 Å². The minimum atomic E-state index is -0.847. The Labute approximate surface area is 101 Å². The van der Waals surface area contributed by atoms with Crippen LogP contribution < -0.4 is 5.32 Å². The maximum Gasteiger partial charge on any atom is 0.325 e. The number of aliphatic carboxylic acids is 1. The van der Waals surface area contributed by atoms with E-state index >= 15 is 0 Å². The zero-order valence-corrected chi connectivity index (χ0v) is 10.5. The van der Waals surface area contributed by atoms with E-state index in [2.05, 4.69) is 24.3 Å². The van der Waals surface area contributed by atoms with Gasteiger partial charge < -0.3 is 10.4 Å². The zero-order valence-electron chi connectivity index (χ0n) is 10.5. The van der Waals surface area contributed by atoms with Gasteiger partial charge in [0.15, 0.2) is 0 Å². The van der Waals surface area contributed by atoms with E-state index in [1.165, 1.54) is 0 Å². The first-order chi connectivity index (χ1) is 7.93. The van der Waals surface area contributed by atoms with Crippen LogP contribution in [0.1, 0.15) is 37.6 Å². The average Bonchev–Trinajstić information content (AvgIpc) is 2.58. The molecule has 5 nitrogen and oxygen atoms in total. The maximum atomic E-state index is 10.8. The van der Waals surface area contributed by atoms with Crippen molar-refractivity contribution in [3.8, 4) is 0 Å². The fraction of sp³-hybridized carbons (Fsp3) is 0.667. The van der Waals surface area contributed by atoms with Gasteiger partial charge in [0.25, 0.3) is 0 Å². The van der Waals surface area contributed by atoms with Gasteiger partial charge in [-0.2, -0.15) is 5.10 Å². The predicted molar refractivity (Wildman–Crippen MR) is 63.8 cm³/mol. The summed E-state index contributed by atoms with van der Waals surface area (Å²) in [7, 11) is 1.93. The normalized spacial score (nSPS) is 22.2. The van der Waals surface area contributed by atoms with Gasteiger partial charge in [-0.05, 0) is 25.3 Å². The molecule has 0 fully saturated rings. The lowest BCUT2D eigenvalue weighted by Crippen LogP contribution is -2.32. The van der Waals surface area contributed by atoms with Gasteiger partial charge in [0.05, 0.1) is 6.20 Å². The second-order valence-corrected chi connectivity index (χ2v) is 5.48. The molecule has 0 aliphatic heterocycles. The zero-order chi connectivity index (χ0) is 12.6. The molecule has 0 bridgehead atoms. The third-order valence-corrected chi connectivity index (χ3v) is 3.39. The first-order valence-corrected chi connectivity index (χ1v) is 5.86. The highest BCUT2D eigenvalue weighted by Gasteiger charge is 2.34. The Hall–Kier alpha value is -1.36. The van der Waals surface area contributed by atoms with Gasteiger partial charge >= 0.3 is 5.97 Å². The molecule has 1 aromatic heterocycles. The molecule has 0 amide bonds. The molecule has 0 aromatic carbocycles. The Kier molecular flexibility index (Phi) is 2.95. The largest absolute Gasteiger partial charge is 0.480 e. The summed E-state index contributed by atoms with van der Waals surface area (Å²) >= 11 is 0. The molecule has 1 aliphatic carbocycles. The molecule has 94 valence electrons. The van der Waals surface area contributed by atoms with Crippen molar-refractivity contribution in [2.75, 3.05) is 7.05 Å².